The van der Waals surface area contributed by atoms with Crippen LogP contribution in [0.2, 0.25) is 0 Å². The van der Waals surface area contributed by atoms with Gasteiger partial charge in [-0.2, -0.15) is 0 Å². The fourth-order valence-corrected chi connectivity index (χ4v) is 3.14. The molecule has 8 heteroatoms. The summed E-state index contributed by atoms with van der Waals surface area (Å²) in [5, 5.41) is 2.58. The standard InChI is InChI=1S/C22H22N2O6/c1-14(25)15-4-3-5-17(10-15)23-20(26)13-30-22(28)16-11-21(27)24(12-16)18-6-8-19(29-2)9-7-18/h3-10,16H,11-13H2,1-2H3,(H,23,26)/t16-/m0/s1. The van der Waals surface area contributed by atoms with Gasteiger partial charge in [0.15, 0.2) is 12.4 Å². The number of methoxy groups -OCH3 is 1. The Morgan fingerprint density at radius 1 is 1.13 bits per heavy atom. The molecule has 3 rings (SSSR count). The van der Waals surface area contributed by atoms with Crippen LogP contribution in [0.5, 0.6) is 5.75 Å². The van der Waals surface area contributed by atoms with Gasteiger partial charge in [-0.1, -0.05) is 12.1 Å². The van der Waals surface area contributed by atoms with Gasteiger partial charge in [0.2, 0.25) is 5.91 Å². The van der Waals surface area contributed by atoms with Gasteiger partial charge in [0.1, 0.15) is 5.75 Å². The van der Waals surface area contributed by atoms with Gasteiger partial charge in [-0.05, 0) is 43.3 Å². The van der Waals surface area contributed by atoms with E-state index in [1.54, 1.807) is 55.6 Å². The highest BCUT2D eigenvalue weighted by Gasteiger charge is 2.36. The molecule has 0 unspecified atom stereocenters. The van der Waals surface area contributed by atoms with E-state index in [1.165, 1.54) is 11.8 Å². The van der Waals surface area contributed by atoms with Crippen molar-refractivity contribution in [1.82, 2.24) is 0 Å². The highest BCUT2D eigenvalue weighted by Crippen LogP contribution is 2.27. The van der Waals surface area contributed by atoms with E-state index in [0.29, 0.717) is 22.7 Å². The quantitative estimate of drug-likeness (QED) is 0.556. The van der Waals surface area contributed by atoms with Gasteiger partial charge in [-0.3, -0.25) is 19.2 Å². The predicted octanol–water partition coefficient (Wildman–Crippen LogP) is 2.43. The average Bonchev–Trinajstić information content (AvgIpc) is 3.14. The molecule has 0 radical (unpaired) electrons. The highest BCUT2D eigenvalue weighted by atomic mass is 16.5. The van der Waals surface area contributed by atoms with Crippen LogP contribution in [0.25, 0.3) is 0 Å². The molecule has 156 valence electrons. The van der Waals surface area contributed by atoms with E-state index in [2.05, 4.69) is 5.32 Å². The lowest BCUT2D eigenvalue weighted by Gasteiger charge is -2.17. The highest BCUT2D eigenvalue weighted by molar-refractivity contribution is 6.00. The topological polar surface area (TPSA) is 102 Å². The van der Waals surface area contributed by atoms with Crippen LogP contribution in [0.1, 0.15) is 23.7 Å². The summed E-state index contributed by atoms with van der Waals surface area (Å²) >= 11 is 0. The number of anilines is 2. The number of amides is 2. The van der Waals surface area contributed by atoms with Crippen LogP contribution in [-0.4, -0.2) is 43.8 Å². The molecule has 0 aromatic heterocycles. The van der Waals surface area contributed by atoms with Crippen molar-refractivity contribution in [2.75, 3.05) is 30.5 Å². The molecule has 1 heterocycles. The van der Waals surface area contributed by atoms with Crippen molar-refractivity contribution < 1.29 is 28.7 Å². The Morgan fingerprint density at radius 2 is 1.87 bits per heavy atom. The lowest BCUT2D eigenvalue weighted by molar-refractivity contribution is -0.151. The molecule has 0 bridgehead atoms. The van der Waals surface area contributed by atoms with Crippen LogP contribution >= 0.6 is 0 Å². The summed E-state index contributed by atoms with van der Waals surface area (Å²) in [5.41, 5.74) is 1.57. The van der Waals surface area contributed by atoms with E-state index in [-0.39, 0.29) is 24.7 Å². The van der Waals surface area contributed by atoms with Gasteiger partial charge in [0, 0.05) is 29.9 Å². The molecule has 1 atom stereocenters. The summed E-state index contributed by atoms with van der Waals surface area (Å²) in [6, 6.07) is 13.4. The molecular weight excluding hydrogens is 388 g/mol. The van der Waals surface area contributed by atoms with Crippen LogP contribution in [-0.2, 0) is 19.1 Å². The second-order valence-electron chi connectivity index (χ2n) is 6.90. The molecule has 2 aromatic carbocycles. The summed E-state index contributed by atoms with van der Waals surface area (Å²) in [5.74, 6) is -1.42. The third-order valence-corrected chi connectivity index (χ3v) is 4.74. The number of ketones is 1. The monoisotopic (exact) mass is 410 g/mol. The number of ether oxygens (including phenoxy) is 2. The minimum atomic E-state index is -0.645. The molecule has 1 saturated heterocycles. The van der Waals surface area contributed by atoms with Crippen molar-refractivity contribution in [2.45, 2.75) is 13.3 Å². The molecule has 1 aliphatic heterocycles. The van der Waals surface area contributed by atoms with E-state index in [1.807, 2.05) is 0 Å². The van der Waals surface area contributed by atoms with Gasteiger partial charge < -0.3 is 19.7 Å². The molecule has 1 N–H and O–H groups in total. The smallest absolute Gasteiger partial charge is 0.311 e. The molecular formula is C22H22N2O6. The fourth-order valence-electron chi connectivity index (χ4n) is 3.14. The number of Topliss-reactive ketones (excluding diaryl/α,β-unsaturated/α-hetero) is 1. The minimum absolute atomic E-state index is 0.0210. The Bertz CT molecular complexity index is 970. The number of rotatable bonds is 7. The zero-order chi connectivity index (χ0) is 21.7. The number of carbonyl (C=O) groups excluding carboxylic acids is 4. The van der Waals surface area contributed by atoms with E-state index >= 15 is 0 Å². The first-order valence-electron chi connectivity index (χ1n) is 9.39. The van der Waals surface area contributed by atoms with E-state index in [4.69, 9.17) is 9.47 Å². The van der Waals surface area contributed by atoms with Crippen molar-refractivity contribution in [3.8, 4) is 5.75 Å². The maximum Gasteiger partial charge on any atom is 0.311 e. The van der Waals surface area contributed by atoms with E-state index in [9.17, 15) is 19.2 Å². The second kappa shape index (κ2) is 9.21. The van der Waals surface area contributed by atoms with Gasteiger partial charge in [-0.15, -0.1) is 0 Å². The first kappa shape index (κ1) is 21.0. The normalized spacial score (nSPS) is 15.6. The molecule has 0 spiro atoms. The van der Waals surface area contributed by atoms with Gasteiger partial charge in [0.05, 0.1) is 13.0 Å². The molecule has 2 amide bonds. The predicted molar refractivity (Wildman–Crippen MR) is 109 cm³/mol. The van der Waals surface area contributed by atoms with Gasteiger partial charge in [-0.25, -0.2) is 0 Å². The summed E-state index contributed by atoms with van der Waals surface area (Å²) in [4.78, 5) is 49.6. The maximum absolute atomic E-state index is 12.3. The number of hydrogen-bond donors (Lipinski definition) is 1. The largest absolute Gasteiger partial charge is 0.497 e. The molecule has 0 aliphatic carbocycles. The summed E-state index contributed by atoms with van der Waals surface area (Å²) < 4.78 is 10.2. The molecule has 8 nitrogen and oxygen atoms in total. The summed E-state index contributed by atoms with van der Waals surface area (Å²) in [6.07, 6.45) is 0.0210. The number of nitrogens with one attached hydrogen (secondary N) is 1. The van der Waals surface area contributed by atoms with Gasteiger partial charge >= 0.3 is 5.97 Å². The van der Waals surface area contributed by atoms with E-state index in [0.717, 1.165) is 0 Å². The summed E-state index contributed by atoms with van der Waals surface area (Å²) in [7, 11) is 1.55. The zero-order valence-electron chi connectivity index (χ0n) is 16.7. The van der Waals surface area contributed by atoms with Gasteiger partial charge in [0.25, 0.3) is 5.91 Å². The van der Waals surface area contributed by atoms with Crippen molar-refractivity contribution >= 4 is 34.9 Å². The lowest BCUT2D eigenvalue weighted by Crippen LogP contribution is -2.28. The van der Waals surface area contributed by atoms with Crippen molar-refractivity contribution in [1.29, 1.82) is 0 Å². The van der Waals surface area contributed by atoms with Crippen LogP contribution in [0.4, 0.5) is 11.4 Å². The number of carbonyl (C=O) groups is 4. The Kier molecular flexibility index (Phi) is 6.46. The second-order valence-corrected chi connectivity index (χ2v) is 6.90. The molecule has 0 saturated carbocycles. The zero-order valence-corrected chi connectivity index (χ0v) is 16.7. The molecule has 2 aromatic rings. The first-order valence-corrected chi connectivity index (χ1v) is 9.39. The Morgan fingerprint density at radius 3 is 2.53 bits per heavy atom. The van der Waals surface area contributed by atoms with E-state index < -0.39 is 24.4 Å². The third kappa shape index (κ3) is 5.02. The lowest BCUT2D eigenvalue weighted by atomic mass is 10.1. The maximum atomic E-state index is 12.3. The number of hydrogen-bond acceptors (Lipinski definition) is 6. The number of esters is 1. The van der Waals surface area contributed by atoms with Crippen molar-refractivity contribution in [2.24, 2.45) is 5.92 Å². The fraction of sp³-hybridized carbons (Fsp3) is 0.273. The summed E-state index contributed by atoms with van der Waals surface area (Å²) in [6.45, 7) is 1.14. The first-order chi connectivity index (χ1) is 14.4. The van der Waals surface area contributed by atoms with Crippen LogP contribution in [0.15, 0.2) is 48.5 Å². The van der Waals surface area contributed by atoms with Crippen LogP contribution in [0.3, 0.4) is 0 Å². The van der Waals surface area contributed by atoms with Crippen LogP contribution < -0.4 is 15.0 Å². The Balaban J connectivity index is 1.52. The average molecular weight is 410 g/mol. The van der Waals surface area contributed by atoms with Crippen LogP contribution in [0, 0.1) is 5.92 Å². The Labute approximate surface area is 173 Å². The molecule has 1 fully saturated rings. The Hall–Kier alpha value is -3.68. The van der Waals surface area contributed by atoms with Crippen molar-refractivity contribution in [3.05, 3.63) is 54.1 Å². The van der Waals surface area contributed by atoms with Crippen molar-refractivity contribution in [3.63, 3.8) is 0 Å². The minimum Gasteiger partial charge on any atom is -0.497 e. The molecule has 1 aliphatic rings. The molecule has 30 heavy (non-hydrogen) atoms. The number of nitrogens with zero attached hydrogens (tertiary/aromatic N) is 1. The SMILES string of the molecule is COc1ccc(N2C[C@@H](C(=O)OCC(=O)Nc3cccc(C(C)=O)c3)CC2=O)cc1. The number of benzene rings is 2. The third-order valence-electron chi connectivity index (χ3n) is 4.74.